The molecule has 15 nitrogen and oxygen atoms in total. The van der Waals surface area contributed by atoms with E-state index in [1.54, 1.807) is 37.3 Å². The first-order valence-corrected chi connectivity index (χ1v) is 15.4. The number of carbonyl (C=O) groups is 8. The van der Waals surface area contributed by atoms with Crippen LogP contribution >= 0.6 is 0 Å². The van der Waals surface area contributed by atoms with Crippen LogP contribution in [-0.2, 0) is 44.8 Å². The fourth-order valence-electron chi connectivity index (χ4n) is 5.33. The maximum atomic E-state index is 13.5. The van der Waals surface area contributed by atoms with E-state index in [1.165, 1.54) is 18.7 Å². The molecule has 6 N–H and O–H groups in total. The Balaban J connectivity index is 1.67. The molecule has 2 heterocycles. The van der Waals surface area contributed by atoms with Crippen LogP contribution in [0.4, 0.5) is 0 Å². The van der Waals surface area contributed by atoms with E-state index in [0.29, 0.717) is 32.1 Å². The number of rotatable bonds is 15. The summed E-state index contributed by atoms with van der Waals surface area (Å²) in [6, 6.07) is 1.95. The van der Waals surface area contributed by atoms with Crippen molar-refractivity contribution >= 4 is 48.0 Å². The third-order valence-electron chi connectivity index (χ3n) is 7.90. The predicted molar refractivity (Wildman–Crippen MR) is 165 cm³/mol. The molecule has 0 unspecified atom stereocenters. The Labute approximate surface area is 267 Å². The van der Waals surface area contributed by atoms with Gasteiger partial charge in [0, 0.05) is 13.0 Å². The quantitative estimate of drug-likeness (QED) is 0.0909. The van der Waals surface area contributed by atoms with Crippen molar-refractivity contribution in [1.82, 2.24) is 36.8 Å². The van der Waals surface area contributed by atoms with Crippen LogP contribution in [0.25, 0.3) is 0 Å². The summed E-state index contributed by atoms with van der Waals surface area (Å²) >= 11 is 0. The molecule has 0 saturated carbocycles. The molecule has 2 aliphatic heterocycles. The van der Waals surface area contributed by atoms with E-state index < -0.39 is 65.8 Å². The van der Waals surface area contributed by atoms with E-state index in [4.69, 9.17) is 0 Å². The van der Waals surface area contributed by atoms with Gasteiger partial charge in [-0.2, -0.15) is 0 Å². The number of amides is 6. The maximum Gasteiger partial charge on any atom is 0.250 e. The van der Waals surface area contributed by atoms with Crippen molar-refractivity contribution in [3.63, 3.8) is 0 Å². The van der Waals surface area contributed by atoms with Crippen molar-refractivity contribution in [2.75, 3.05) is 13.1 Å². The highest BCUT2D eigenvalue weighted by Gasteiger charge is 2.38. The molecule has 0 aliphatic carbocycles. The Morgan fingerprint density at radius 3 is 2.15 bits per heavy atom. The van der Waals surface area contributed by atoms with Gasteiger partial charge < -0.3 is 46.4 Å². The zero-order valence-corrected chi connectivity index (χ0v) is 26.2. The lowest BCUT2D eigenvalue weighted by Crippen LogP contribution is -2.59. The smallest absolute Gasteiger partial charge is 0.250 e. The topological polar surface area (TPSA) is 212 Å². The van der Waals surface area contributed by atoms with Gasteiger partial charge in [-0.3, -0.25) is 28.8 Å². The second-order valence-corrected chi connectivity index (χ2v) is 11.6. The molecule has 2 fully saturated rings. The number of carbonyl (C=O) groups excluding carboxylic acids is 8. The van der Waals surface area contributed by atoms with Gasteiger partial charge in [0.2, 0.25) is 29.5 Å². The molecular formula is C31H43N7O8. The molecule has 1 aromatic carbocycles. The van der Waals surface area contributed by atoms with Gasteiger partial charge in [-0.05, 0) is 58.6 Å². The molecule has 250 valence electrons. The van der Waals surface area contributed by atoms with E-state index in [2.05, 4.69) is 31.9 Å². The van der Waals surface area contributed by atoms with Crippen molar-refractivity contribution in [2.45, 2.75) is 95.2 Å². The predicted octanol–water partition coefficient (Wildman–Crippen LogP) is -2.15. The summed E-state index contributed by atoms with van der Waals surface area (Å²) in [7, 11) is 0. The Kier molecular flexibility index (Phi) is 13.4. The fraction of sp³-hybridized carbons (Fsp3) is 0.548. The minimum Gasteiger partial charge on any atom is -0.345 e. The summed E-state index contributed by atoms with van der Waals surface area (Å²) in [6.07, 6.45) is 3.19. The number of hydrogen-bond acceptors (Lipinski definition) is 9. The summed E-state index contributed by atoms with van der Waals surface area (Å²) in [6.45, 7) is 5.35. The Hall–Kier alpha value is -4.66. The second kappa shape index (κ2) is 17.1. The summed E-state index contributed by atoms with van der Waals surface area (Å²) in [5, 5.41) is 15.5. The van der Waals surface area contributed by atoms with Crippen LogP contribution in [0.3, 0.4) is 0 Å². The Bertz CT molecular complexity index is 1290. The van der Waals surface area contributed by atoms with Crippen LogP contribution in [0.15, 0.2) is 30.3 Å². The van der Waals surface area contributed by atoms with Crippen molar-refractivity contribution in [2.24, 2.45) is 0 Å². The van der Waals surface area contributed by atoms with Crippen LogP contribution in [0, 0.1) is 0 Å². The third kappa shape index (κ3) is 9.92. The second-order valence-electron chi connectivity index (χ2n) is 11.6. The van der Waals surface area contributed by atoms with Gasteiger partial charge in [0.1, 0.15) is 30.5 Å². The first kappa shape index (κ1) is 35.8. The number of nitrogens with zero attached hydrogens (tertiary/aromatic N) is 1. The highest BCUT2D eigenvalue weighted by Crippen LogP contribution is 2.19. The number of aldehydes is 2. The first-order chi connectivity index (χ1) is 21.9. The number of benzene rings is 1. The van der Waals surface area contributed by atoms with Crippen molar-refractivity contribution in [3.8, 4) is 0 Å². The molecule has 0 bridgehead atoms. The number of likely N-dealkylation sites (tertiary alicyclic amines) is 1. The van der Waals surface area contributed by atoms with Gasteiger partial charge in [-0.25, -0.2) is 0 Å². The summed E-state index contributed by atoms with van der Waals surface area (Å²) in [5.74, 6) is -3.68. The monoisotopic (exact) mass is 641 g/mol. The Morgan fingerprint density at radius 1 is 0.804 bits per heavy atom. The minimum absolute atomic E-state index is 0.0667. The van der Waals surface area contributed by atoms with Gasteiger partial charge >= 0.3 is 0 Å². The molecule has 0 aromatic heterocycles. The van der Waals surface area contributed by atoms with Crippen LogP contribution in [-0.4, -0.2) is 108 Å². The van der Waals surface area contributed by atoms with Crippen LogP contribution in [0.5, 0.6) is 0 Å². The lowest BCUT2D eigenvalue weighted by atomic mass is 10.0. The van der Waals surface area contributed by atoms with E-state index >= 15 is 0 Å². The van der Waals surface area contributed by atoms with Crippen molar-refractivity contribution in [1.29, 1.82) is 0 Å². The standard InChI is InChI=1S/C31H43N7O8/c1-18(16-39)33-29(44)24(17-40)37-26(41)19(2)34-28(43)23(15-21-9-5-4-6-10-21)36-30(45)25-12-8-14-38(25)31(46)20(3)35-27(42)22-11-7-13-32-22/h4-6,9-10,16-20,22-25,32H,7-8,11-15H2,1-3H3,(H,33,44)(H,34,43)(H,35,42)(H,36,45)(H,37,41)/t18-,19+,20-,22-,23-,24-,25-/m0/s1. The molecular weight excluding hydrogens is 598 g/mol. The van der Waals surface area contributed by atoms with E-state index in [1.807, 2.05) is 0 Å². The molecule has 15 heteroatoms. The molecule has 2 aliphatic rings. The molecule has 1 aromatic rings. The average molecular weight is 642 g/mol. The lowest BCUT2D eigenvalue weighted by molar-refractivity contribution is -0.142. The SMILES string of the molecule is C[C@H](NC(=O)[C@@H]1CCCN1)C(=O)N1CCC[C@H]1C(=O)N[C@@H](Cc1ccccc1)C(=O)N[C@H](C)C(=O)N[C@@H](C=O)C(=O)N[C@@H](C)C=O. The summed E-state index contributed by atoms with van der Waals surface area (Å²) in [4.78, 5) is 101. The summed E-state index contributed by atoms with van der Waals surface area (Å²) < 4.78 is 0. The third-order valence-corrected chi connectivity index (χ3v) is 7.90. The van der Waals surface area contributed by atoms with Gasteiger partial charge in [0.05, 0.1) is 12.1 Å². The lowest BCUT2D eigenvalue weighted by Gasteiger charge is -2.29. The summed E-state index contributed by atoms with van der Waals surface area (Å²) in [5.41, 5.74) is 0.721. The van der Waals surface area contributed by atoms with Crippen molar-refractivity contribution < 1.29 is 38.4 Å². The molecule has 7 atom stereocenters. The molecule has 6 amide bonds. The van der Waals surface area contributed by atoms with Crippen LogP contribution < -0.4 is 31.9 Å². The zero-order chi connectivity index (χ0) is 33.8. The molecule has 3 rings (SSSR count). The maximum absolute atomic E-state index is 13.5. The molecule has 0 radical (unpaired) electrons. The number of hydrogen-bond donors (Lipinski definition) is 6. The average Bonchev–Trinajstić information content (AvgIpc) is 3.76. The number of nitrogens with one attached hydrogen (secondary N) is 6. The van der Waals surface area contributed by atoms with E-state index in [-0.39, 0.29) is 24.7 Å². The fourth-order valence-corrected chi connectivity index (χ4v) is 5.33. The molecule has 0 spiro atoms. The van der Waals surface area contributed by atoms with E-state index in [0.717, 1.165) is 18.5 Å². The van der Waals surface area contributed by atoms with Crippen LogP contribution in [0.2, 0.25) is 0 Å². The van der Waals surface area contributed by atoms with E-state index in [9.17, 15) is 38.4 Å². The van der Waals surface area contributed by atoms with Gasteiger partial charge in [-0.1, -0.05) is 30.3 Å². The molecule has 46 heavy (non-hydrogen) atoms. The van der Waals surface area contributed by atoms with Gasteiger partial charge in [-0.15, -0.1) is 0 Å². The molecule has 2 saturated heterocycles. The van der Waals surface area contributed by atoms with Crippen molar-refractivity contribution in [3.05, 3.63) is 35.9 Å². The normalized spacial score (nSPS) is 20.6. The first-order valence-electron chi connectivity index (χ1n) is 15.4. The largest absolute Gasteiger partial charge is 0.345 e. The van der Waals surface area contributed by atoms with Gasteiger partial charge in [0.15, 0.2) is 12.3 Å². The highest BCUT2D eigenvalue weighted by molar-refractivity contribution is 6.02. The van der Waals surface area contributed by atoms with Gasteiger partial charge in [0.25, 0.3) is 5.91 Å². The highest BCUT2D eigenvalue weighted by atomic mass is 16.2. The Morgan fingerprint density at radius 2 is 1.52 bits per heavy atom. The minimum atomic E-state index is -1.60. The zero-order valence-electron chi connectivity index (χ0n) is 26.2. The van der Waals surface area contributed by atoms with Crippen LogP contribution in [0.1, 0.15) is 52.0 Å².